The average molecular weight is 527 g/mol. The molecule has 0 saturated carbocycles. The van der Waals surface area contributed by atoms with Crippen molar-refractivity contribution >= 4 is 40.3 Å². The van der Waals surface area contributed by atoms with Gasteiger partial charge in [0, 0.05) is 32.5 Å². The fraction of sp³-hybridized carbons (Fsp3) is 0.320. The molecule has 1 atom stereocenters. The van der Waals surface area contributed by atoms with Crippen LogP contribution in [0.15, 0.2) is 48.8 Å². The van der Waals surface area contributed by atoms with Gasteiger partial charge in [0.2, 0.25) is 11.8 Å². The second-order valence-corrected chi connectivity index (χ2v) is 8.48. The lowest BCUT2D eigenvalue weighted by atomic mass is 10.1. The molecule has 2 heterocycles. The summed E-state index contributed by atoms with van der Waals surface area (Å²) in [6.45, 7) is 3.05. The lowest BCUT2D eigenvalue weighted by Gasteiger charge is -2.43. The largest absolute Gasteiger partial charge is 0.493 e. The van der Waals surface area contributed by atoms with Crippen molar-refractivity contribution < 1.29 is 32.7 Å². The Morgan fingerprint density at radius 1 is 0.921 bits per heavy atom. The molecule has 2 N–H and O–H groups in total. The third kappa shape index (κ3) is 5.16. The van der Waals surface area contributed by atoms with Crippen LogP contribution in [0.3, 0.4) is 0 Å². The highest BCUT2D eigenvalue weighted by Gasteiger charge is 2.34. The molecule has 0 bridgehead atoms. The summed E-state index contributed by atoms with van der Waals surface area (Å²) < 4.78 is 20.9. The van der Waals surface area contributed by atoms with Crippen molar-refractivity contribution in [3.63, 3.8) is 0 Å². The standard InChI is InChI=1S/C25H26N4O9/c1-13(30)26-16-6-8-18-22(38-25(34)24(33)37-18)21(16)29-10-9-28(12-20(29)27-14(2)31)23(32)15-5-7-17(35-3)19(11-15)36-4/h5-8,11,20H,9-10,12H2,1-4H3,(H,26,30)(H,27,31). The normalized spacial score (nSPS) is 15.2. The zero-order valence-electron chi connectivity index (χ0n) is 21.2. The second kappa shape index (κ2) is 10.7. The number of carbonyl (C=O) groups is 3. The van der Waals surface area contributed by atoms with Crippen LogP contribution >= 0.6 is 0 Å². The van der Waals surface area contributed by atoms with E-state index in [9.17, 15) is 24.0 Å². The zero-order valence-corrected chi connectivity index (χ0v) is 21.2. The SMILES string of the molecule is COc1ccc(C(=O)N2CCN(c3c(NC(C)=O)ccc4oc(=O)c(=O)oc34)C(NC(C)=O)C2)cc1OC. The van der Waals surface area contributed by atoms with Crippen molar-refractivity contribution in [3.05, 3.63) is 56.7 Å². The van der Waals surface area contributed by atoms with Crippen LogP contribution in [0.5, 0.6) is 11.5 Å². The topological polar surface area (TPSA) is 161 Å². The van der Waals surface area contributed by atoms with Gasteiger partial charge in [0.15, 0.2) is 22.7 Å². The zero-order chi connectivity index (χ0) is 27.6. The fourth-order valence-electron chi connectivity index (χ4n) is 4.33. The van der Waals surface area contributed by atoms with Gasteiger partial charge in [-0.1, -0.05) is 0 Å². The van der Waals surface area contributed by atoms with Crippen LogP contribution in [0.4, 0.5) is 11.4 Å². The summed E-state index contributed by atoms with van der Waals surface area (Å²) in [6.07, 6.45) is -0.791. The maximum Gasteiger partial charge on any atom is 0.423 e. The summed E-state index contributed by atoms with van der Waals surface area (Å²) in [7, 11) is 2.96. The molecule has 1 saturated heterocycles. The number of benzene rings is 2. The van der Waals surface area contributed by atoms with Gasteiger partial charge in [-0.3, -0.25) is 14.4 Å². The molecule has 200 valence electrons. The molecule has 1 unspecified atom stereocenters. The van der Waals surface area contributed by atoms with Crippen LogP contribution in [-0.2, 0) is 9.59 Å². The Balaban J connectivity index is 1.75. The van der Waals surface area contributed by atoms with Gasteiger partial charge in [-0.2, -0.15) is 0 Å². The van der Waals surface area contributed by atoms with E-state index in [1.807, 2.05) is 0 Å². The van der Waals surface area contributed by atoms with E-state index in [-0.39, 0.29) is 54.0 Å². The maximum absolute atomic E-state index is 13.4. The Labute approximate surface area is 215 Å². The van der Waals surface area contributed by atoms with Crippen LogP contribution < -0.4 is 36.3 Å². The molecule has 0 radical (unpaired) electrons. The first-order chi connectivity index (χ1) is 18.1. The summed E-state index contributed by atoms with van der Waals surface area (Å²) in [4.78, 5) is 64.5. The smallest absolute Gasteiger partial charge is 0.423 e. The minimum absolute atomic E-state index is 0.0240. The fourth-order valence-corrected chi connectivity index (χ4v) is 4.33. The molecule has 4 rings (SSSR count). The molecule has 0 spiro atoms. The van der Waals surface area contributed by atoms with Gasteiger partial charge in [-0.05, 0) is 30.3 Å². The molecule has 3 amide bonds. The molecule has 1 aliphatic heterocycles. The maximum atomic E-state index is 13.4. The van der Waals surface area contributed by atoms with Gasteiger partial charge in [-0.15, -0.1) is 0 Å². The lowest BCUT2D eigenvalue weighted by molar-refractivity contribution is -0.120. The van der Waals surface area contributed by atoms with Crippen LogP contribution in [-0.4, -0.2) is 62.6 Å². The molecule has 1 aliphatic rings. The molecule has 1 fully saturated rings. The van der Waals surface area contributed by atoms with Crippen molar-refractivity contribution in [1.29, 1.82) is 0 Å². The molecule has 38 heavy (non-hydrogen) atoms. The number of nitrogens with zero attached hydrogens (tertiary/aromatic N) is 2. The predicted molar refractivity (Wildman–Crippen MR) is 136 cm³/mol. The van der Waals surface area contributed by atoms with Crippen molar-refractivity contribution in [2.24, 2.45) is 0 Å². The van der Waals surface area contributed by atoms with E-state index in [0.717, 1.165) is 0 Å². The highest BCUT2D eigenvalue weighted by Crippen LogP contribution is 2.36. The molecular formula is C25H26N4O9. The van der Waals surface area contributed by atoms with Crippen molar-refractivity contribution in [3.8, 4) is 11.5 Å². The summed E-state index contributed by atoms with van der Waals surface area (Å²) in [5.41, 5.74) is -1.68. The molecule has 3 aromatic rings. The van der Waals surface area contributed by atoms with Crippen molar-refractivity contribution in [1.82, 2.24) is 10.2 Å². The molecule has 13 heteroatoms. The Morgan fingerprint density at radius 3 is 2.29 bits per heavy atom. The number of nitrogens with one attached hydrogen (secondary N) is 2. The molecule has 13 nitrogen and oxygen atoms in total. The van der Waals surface area contributed by atoms with E-state index in [1.165, 1.54) is 40.2 Å². The number of carbonyl (C=O) groups excluding carboxylic acids is 3. The van der Waals surface area contributed by atoms with E-state index >= 15 is 0 Å². The number of rotatable bonds is 6. The van der Waals surface area contributed by atoms with Gasteiger partial charge in [0.05, 0.1) is 26.5 Å². The third-order valence-electron chi connectivity index (χ3n) is 5.93. The molecular weight excluding hydrogens is 500 g/mol. The average Bonchev–Trinajstić information content (AvgIpc) is 2.88. The molecule has 0 aliphatic carbocycles. The number of amides is 3. The van der Waals surface area contributed by atoms with Crippen molar-refractivity contribution in [2.45, 2.75) is 20.0 Å². The monoisotopic (exact) mass is 526 g/mol. The Morgan fingerprint density at radius 2 is 1.63 bits per heavy atom. The first-order valence-electron chi connectivity index (χ1n) is 11.6. The first-order valence-corrected chi connectivity index (χ1v) is 11.6. The van der Waals surface area contributed by atoms with E-state index in [0.29, 0.717) is 17.1 Å². The predicted octanol–water partition coefficient (Wildman–Crippen LogP) is 1.15. The Bertz CT molecular complexity index is 1530. The minimum Gasteiger partial charge on any atom is -0.493 e. The van der Waals surface area contributed by atoms with E-state index in [4.69, 9.17) is 18.3 Å². The Hall–Kier alpha value is -4.81. The van der Waals surface area contributed by atoms with Gasteiger partial charge in [0.1, 0.15) is 11.9 Å². The number of fused-ring (bicyclic) bond motifs is 1. The summed E-state index contributed by atoms with van der Waals surface area (Å²) in [5, 5.41) is 5.47. The van der Waals surface area contributed by atoms with Gasteiger partial charge in [0.25, 0.3) is 5.91 Å². The quantitative estimate of drug-likeness (QED) is 0.446. The van der Waals surface area contributed by atoms with Gasteiger partial charge >= 0.3 is 11.3 Å². The lowest BCUT2D eigenvalue weighted by Crippen LogP contribution is -2.61. The van der Waals surface area contributed by atoms with Crippen LogP contribution in [0.25, 0.3) is 11.2 Å². The van der Waals surface area contributed by atoms with E-state index < -0.39 is 23.3 Å². The first kappa shape index (κ1) is 26.3. The van der Waals surface area contributed by atoms with E-state index in [2.05, 4.69) is 10.6 Å². The minimum atomic E-state index is -1.22. The van der Waals surface area contributed by atoms with Gasteiger partial charge in [-0.25, -0.2) is 9.59 Å². The summed E-state index contributed by atoms with van der Waals surface area (Å²) in [5.74, 6) is -0.223. The van der Waals surface area contributed by atoms with Gasteiger partial charge < -0.3 is 38.7 Å². The van der Waals surface area contributed by atoms with Crippen LogP contribution in [0.1, 0.15) is 24.2 Å². The molecule has 1 aromatic heterocycles. The number of hydrogen-bond acceptors (Lipinski definition) is 10. The number of methoxy groups -OCH3 is 2. The number of ether oxygens (including phenoxy) is 2. The summed E-state index contributed by atoms with van der Waals surface area (Å²) >= 11 is 0. The van der Waals surface area contributed by atoms with Crippen LogP contribution in [0, 0.1) is 0 Å². The number of piperazine rings is 1. The molecule has 2 aromatic carbocycles. The summed E-state index contributed by atoms with van der Waals surface area (Å²) in [6, 6.07) is 7.68. The highest BCUT2D eigenvalue weighted by atomic mass is 16.5. The number of hydrogen-bond donors (Lipinski definition) is 2. The third-order valence-corrected chi connectivity index (χ3v) is 5.93. The van der Waals surface area contributed by atoms with E-state index in [1.54, 1.807) is 28.0 Å². The Kier molecular flexibility index (Phi) is 7.37. The highest BCUT2D eigenvalue weighted by molar-refractivity contribution is 6.01. The van der Waals surface area contributed by atoms with Crippen molar-refractivity contribution in [2.75, 3.05) is 44.1 Å². The number of anilines is 2. The van der Waals surface area contributed by atoms with Crippen LogP contribution in [0.2, 0.25) is 0 Å². The second-order valence-electron chi connectivity index (χ2n) is 8.48.